The highest BCUT2D eigenvalue weighted by molar-refractivity contribution is 5.10. The Kier molecular flexibility index (Phi) is 2.50. The smallest absolute Gasteiger partial charge is 0.302 e. The molecule has 2 nitrogen and oxygen atoms in total. The SMILES string of the molecule is CC1CC(NC2(C(F)(F)F)CC2)CN1C. The molecule has 0 bridgehead atoms. The van der Waals surface area contributed by atoms with E-state index in [0.717, 1.165) is 13.0 Å². The normalized spacial score (nSPS) is 35.8. The fourth-order valence-corrected chi connectivity index (χ4v) is 2.32. The molecule has 5 heteroatoms. The van der Waals surface area contributed by atoms with E-state index < -0.39 is 11.7 Å². The van der Waals surface area contributed by atoms with Crippen LogP contribution in [0.5, 0.6) is 0 Å². The molecule has 0 spiro atoms. The highest BCUT2D eigenvalue weighted by Crippen LogP contribution is 2.49. The molecule has 0 aromatic rings. The number of nitrogens with one attached hydrogen (secondary N) is 1. The van der Waals surface area contributed by atoms with Crippen LogP contribution in [0.15, 0.2) is 0 Å². The van der Waals surface area contributed by atoms with E-state index in [0.29, 0.717) is 6.04 Å². The maximum absolute atomic E-state index is 12.7. The van der Waals surface area contributed by atoms with Crippen LogP contribution in [-0.4, -0.2) is 42.3 Å². The van der Waals surface area contributed by atoms with Gasteiger partial charge in [-0.3, -0.25) is 5.32 Å². The van der Waals surface area contributed by atoms with Crippen molar-refractivity contribution in [3.8, 4) is 0 Å². The molecule has 1 N–H and O–H groups in total. The number of halogens is 3. The van der Waals surface area contributed by atoms with Gasteiger partial charge in [-0.1, -0.05) is 0 Å². The largest absolute Gasteiger partial charge is 0.406 e. The van der Waals surface area contributed by atoms with Crippen LogP contribution in [0.2, 0.25) is 0 Å². The van der Waals surface area contributed by atoms with Gasteiger partial charge in [0.25, 0.3) is 0 Å². The summed E-state index contributed by atoms with van der Waals surface area (Å²) in [6.45, 7) is 2.77. The molecule has 2 fully saturated rings. The lowest BCUT2D eigenvalue weighted by molar-refractivity contribution is -0.167. The minimum Gasteiger partial charge on any atom is -0.302 e. The Labute approximate surface area is 87.8 Å². The van der Waals surface area contributed by atoms with Gasteiger partial charge in [0.05, 0.1) is 0 Å². The van der Waals surface area contributed by atoms with E-state index in [2.05, 4.69) is 17.1 Å². The van der Waals surface area contributed by atoms with Crippen molar-refractivity contribution < 1.29 is 13.2 Å². The Bertz CT molecular complexity index is 238. The number of nitrogens with zero attached hydrogens (tertiary/aromatic N) is 1. The van der Waals surface area contributed by atoms with Gasteiger partial charge in [0.1, 0.15) is 5.54 Å². The second kappa shape index (κ2) is 3.35. The molecule has 1 aliphatic carbocycles. The van der Waals surface area contributed by atoms with Crippen molar-refractivity contribution in [3.05, 3.63) is 0 Å². The third kappa shape index (κ3) is 1.99. The molecule has 0 amide bonds. The van der Waals surface area contributed by atoms with Gasteiger partial charge in [-0.05, 0) is 33.2 Å². The van der Waals surface area contributed by atoms with Crippen molar-refractivity contribution >= 4 is 0 Å². The lowest BCUT2D eigenvalue weighted by Gasteiger charge is -2.24. The summed E-state index contributed by atoms with van der Waals surface area (Å²) in [5.41, 5.74) is -1.55. The third-order valence-corrected chi connectivity index (χ3v) is 3.66. The highest BCUT2D eigenvalue weighted by atomic mass is 19.4. The van der Waals surface area contributed by atoms with Crippen molar-refractivity contribution in [1.82, 2.24) is 10.2 Å². The monoisotopic (exact) mass is 222 g/mol. The van der Waals surface area contributed by atoms with Gasteiger partial charge in [-0.2, -0.15) is 13.2 Å². The van der Waals surface area contributed by atoms with Gasteiger partial charge >= 0.3 is 6.18 Å². The van der Waals surface area contributed by atoms with Crippen LogP contribution in [-0.2, 0) is 0 Å². The minimum absolute atomic E-state index is 0.00544. The summed E-state index contributed by atoms with van der Waals surface area (Å²) in [5.74, 6) is 0. The Morgan fingerprint density at radius 3 is 2.27 bits per heavy atom. The number of alkyl halides is 3. The second-order valence-electron chi connectivity index (χ2n) is 4.95. The lowest BCUT2D eigenvalue weighted by atomic mass is 10.1. The fourth-order valence-electron chi connectivity index (χ4n) is 2.32. The molecule has 0 aromatic heterocycles. The van der Waals surface area contributed by atoms with E-state index in [1.807, 2.05) is 7.05 Å². The van der Waals surface area contributed by atoms with Crippen LogP contribution in [0.25, 0.3) is 0 Å². The molecule has 1 saturated heterocycles. The van der Waals surface area contributed by atoms with Crippen LogP contribution in [0, 0.1) is 0 Å². The molecule has 1 aliphatic heterocycles. The summed E-state index contributed by atoms with van der Waals surface area (Å²) in [4.78, 5) is 2.10. The summed E-state index contributed by atoms with van der Waals surface area (Å²) >= 11 is 0. The van der Waals surface area contributed by atoms with E-state index in [1.54, 1.807) is 0 Å². The number of likely N-dealkylation sites (tertiary alicyclic amines) is 1. The first-order chi connectivity index (χ1) is 6.84. The van der Waals surface area contributed by atoms with Crippen molar-refractivity contribution in [2.45, 2.75) is 50.0 Å². The molecule has 88 valence electrons. The first kappa shape index (κ1) is 11.2. The molecule has 2 unspecified atom stereocenters. The average molecular weight is 222 g/mol. The molecule has 0 aromatic carbocycles. The molecule has 0 radical (unpaired) electrons. The first-order valence-corrected chi connectivity index (χ1v) is 5.39. The van der Waals surface area contributed by atoms with Crippen LogP contribution in [0.1, 0.15) is 26.2 Å². The number of rotatable bonds is 2. The Hall–Kier alpha value is -0.290. The number of hydrogen-bond acceptors (Lipinski definition) is 2. The summed E-state index contributed by atoms with van der Waals surface area (Å²) in [6, 6.07) is 0.376. The summed E-state index contributed by atoms with van der Waals surface area (Å²) in [5, 5.41) is 2.80. The summed E-state index contributed by atoms with van der Waals surface area (Å²) in [7, 11) is 1.96. The van der Waals surface area contributed by atoms with Gasteiger partial charge in [0.15, 0.2) is 0 Å². The Morgan fingerprint density at radius 1 is 1.33 bits per heavy atom. The van der Waals surface area contributed by atoms with Gasteiger partial charge in [-0.25, -0.2) is 0 Å². The van der Waals surface area contributed by atoms with E-state index in [9.17, 15) is 13.2 Å². The van der Waals surface area contributed by atoms with Crippen molar-refractivity contribution in [2.24, 2.45) is 0 Å². The average Bonchev–Trinajstić information content (AvgIpc) is 2.77. The second-order valence-corrected chi connectivity index (χ2v) is 4.95. The predicted octanol–water partition coefficient (Wildman–Crippen LogP) is 1.76. The van der Waals surface area contributed by atoms with E-state index in [-0.39, 0.29) is 18.9 Å². The highest BCUT2D eigenvalue weighted by Gasteiger charge is 2.64. The Balaban J connectivity index is 1.94. The first-order valence-electron chi connectivity index (χ1n) is 5.39. The van der Waals surface area contributed by atoms with Crippen molar-refractivity contribution in [2.75, 3.05) is 13.6 Å². The zero-order valence-electron chi connectivity index (χ0n) is 9.06. The van der Waals surface area contributed by atoms with E-state index in [4.69, 9.17) is 0 Å². The quantitative estimate of drug-likeness (QED) is 0.766. The summed E-state index contributed by atoms with van der Waals surface area (Å²) < 4.78 is 38.0. The maximum Gasteiger partial charge on any atom is 0.406 e. The van der Waals surface area contributed by atoms with Crippen LogP contribution >= 0.6 is 0 Å². The molecular weight excluding hydrogens is 205 g/mol. The van der Waals surface area contributed by atoms with Gasteiger partial charge in [0, 0.05) is 18.6 Å². The summed E-state index contributed by atoms with van der Waals surface area (Å²) in [6.07, 6.45) is -2.79. The van der Waals surface area contributed by atoms with Crippen LogP contribution in [0.4, 0.5) is 13.2 Å². The lowest BCUT2D eigenvalue weighted by Crippen LogP contribution is -2.50. The Morgan fingerprint density at radius 2 is 1.93 bits per heavy atom. The minimum atomic E-state index is -4.09. The molecule has 15 heavy (non-hydrogen) atoms. The third-order valence-electron chi connectivity index (χ3n) is 3.66. The fraction of sp³-hybridized carbons (Fsp3) is 1.00. The predicted molar refractivity (Wildman–Crippen MR) is 51.7 cm³/mol. The zero-order chi connectivity index (χ0) is 11.3. The van der Waals surface area contributed by atoms with Crippen LogP contribution < -0.4 is 5.32 Å². The molecule has 2 atom stereocenters. The van der Waals surface area contributed by atoms with Crippen molar-refractivity contribution in [1.29, 1.82) is 0 Å². The molecule has 1 saturated carbocycles. The topological polar surface area (TPSA) is 15.3 Å². The molecular formula is C10H17F3N2. The molecule has 2 rings (SSSR count). The van der Waals surface area contributed by atoms with Crippen molar-refractivity contribution in [3.63, 3.8) is 0 Å². The number of hydrogen-bond donors (Lipinski definition) is 1. The maximum atomic E-state index is 12.7. The van der Waals surface area contributed by atoms with Crippen LogP contribution in [0.3, 0.4) is 0 Å². The van der Waals surface area contributed by atoms with E-state index in [1.165, 1.54) is 0 Å². The van der Waals surface area contributed by atoms with Gasteiger partial charge < -0.3 is 4.90 Å². The zero-order valence-corrected chi connectivity index (χ0v) is 9.06. The van der Waals surface area contributed by atoms with Gasteiger partial charge in [-0.15, -0.1) is 0 Å². The van der Waals surface area contributed by atoms with Gasteiger partial charge in [0.2, 0.25) is 0 Å². The number of likely N-dealkylation sites (N-methyl/N-ethyl adjacent to an activating group) is 1. The molecule has 1 heterocycles. The molecule has 2 aliphatic rings. The van der Waals surface area contributed by atoms with E-state index >= 15 is 0 Å². The standard InChI is InChI=1S/C10H17F3N2/c1-7-5-8(6-15(7)2)14-9(3-4-9)10(11,12)13/h7-8,14H,3-6H2,1-2H3.